The summed E-state index contributed by atoms with van der Waals surface area (Å²) in [6, 6.07) is 7.74. The van der Waals surface area contributed by atoms with E-state index < -0.39 is 0 Å². The average molecular weight is 269 g/mol. The Kier molecular flexibility index (Phi) is 4.31. The molecule has 0 spiro atoms. The third-order valence-corrected chi connectivity index (χ3v) is 4.83. The number of benzene rings is 1. The molecular formula is C15H21ClO2. The van der Waals surface area contributed by atoms with E-state index in [9.17, 15) is 5.11 Å². The van der Waals surface area contributed by atoms with E-state index in [1.54, 1.807) is 0 Å². The zero-order valence-corrected chi connectivity index (χ0v) is 11.8. The van der Waals surface area contributed by atoms with Crippen LogP contribution in [-0.4, -0.2) is 17.3 Å². The van der Waals surface area contributed by atoms with Crippen LogP contribution in [0.1, 0.15) is 38.7 Å². The van der Waals surface area contributed by atoms with Gasteiger partial charge in [0.1, 0.15) is 0 Å². The topological polar surface area (TPSA) is 29.5 Å². The Morgan fingerprint density at radius 3 is 2.56 bits per heavy atom. The molecule has 0 amide bonds. The van der Waals surface area contributed by atoms with Crippen LogP contribution in [-0.2, 0) is 11.3 Å². The summed E-state index contributed by atoms with van der Waals surface area (Å²) < 4.78 is 5.97. The monoisotopic (exact) mass is 268 g/mol. The molecule has 0 bridgehead atoms. The number of halogens is 1. The SMILES string of the molecule is CCC1(CC)C(O)CC1OCc1ccccc1Cl. The van der Waals surface area contributed by atoms with Gasteiger partial charge in [-0.2, -0.15) is 0 Å². The highest BCUT2D eigenvalue weighted by atomic mass is 35.5. The van der Waals surface area contributed by atoms with Crippen molar-refractivity contribution in [3.63, 3.8) is 0 Å². The second-order valence-corrected chi connectivity index (χ2v) is 5.49. The van der Waals surface area contributed by atoms with Gasteiger partial charge in [-0.05, 0) is 24.5 Å². The fourth-order valence-corrected chi connectivity index (χ4v) is 3.13. The molecule has 0 aromatic heterocycles. The second-order valence-electron chi connectivity index (χ2n) is 5.08. The van der Waals surface area contributed by atoms with E-state index in [4.69, 9.17) is 16.3 Å². The lowest BCUT2D eigenvalue weighted by Crippen LogP contribution is -2.57. The molecule has 0 aliphatic heterocycles. The van der Waals surface area contributed by atoms with Gasteiger partial charge in [0.05, 0.1) is 18.8 Å². The van der Waals surface area contributed by atoms with Crippen LogP contribution in [0.15, 0.2) is 24.3 Å². The third-order valence-electron chi connectivity index (χ3n) is 4.46. The molecule has 100 valence electrons. The molecule has 2 nitrogen and oxygen atoms in total. The van der Waals surface area contributed by atoms with Gasteiger partial charge in [-0.15, -0.1) is 0 Å². The molecule has 1 aromatic carbocycles. The Hall–Kier alpha value is -0.570. The van der Waals surface area contributed by atoms with E-state index in [2.05, 4.69) is 13.8 Å². The summed E-state index contributed by atoms with van der Waals surface area (Å²) in [5, 5.41) is 10.7. The van der Waals surface area contributed by atoms with Crippen molar-refractivity contribution < 1.29 is 9.84 Å². The highest BCUT2D eigenvalue weighted by Crippen LogP contribution is 2.49. The van der Waals surface area contributed by atoms with Crippen molar-refractivity contribution in [1.82, 2.24) is 0 Å². The van der Waals surface area contributed by atoms with Crippen LogP contribution in [0.4, 0.5) is 0 Å². The number of ether oxygens (including phenoxy) is 1. The molecule has 1 aliphatic carbocycles. The average Bonchev–Trinajstić information content (AvgIpc) is 2.37. The normalized spacial score (nSPS) is 25.8. The van der Waals surface area contributed by atoms with Gasteiger partial charge >= 0.3 is 0 Å². The summed E-state index contributed by atoms with van der Waals surface area (Å²) in [6.07, 6.45) is 2.59. The summed E-state index contributed by atoms with van der Waals surface area (Å²) in [5.74, 6) is 0. The number of rotatable bonds is 5. The number of hydrogen-bond acceptors (Lipinski definition) is 2. The molecular weight excluding hydrogens is 248 g/mol. The molecule has 1 aromatic rings. The summed E-state index contributed by atoms with van der Waals surface area (Å²) in [7, 11) is 0. The number of hydrogen-bond donors (Lipinski definition) is 1. The Labute approximate surface area is 114 Å². The van der Waals surface area contributed by atoms with Crippen LogP contribution in [0.2, 0.25) is 5.02 Å². The lowest BCUT2D eigenvalue weighted by Gasteiger charge is -2.52. The maximum Gasteiger partial charge on any atom is 0.0735 e. The lowest BCUT2D eigenvalue weighted by atomic mass is 9.60. The van der Waals surface area contributed by atoms with E-state index >= 15 is 0 Å². The van der Waals surface area contributed by atoms with Crippen molar-refractivity contribution in [1.29, 1.82) is 0 Å². The Bertz CT molecular complexity index is 401. The lowest BCUT2D eigenvalue weighted by molar-refractivity contribution is -0.200. The molecule has 1 N–H and O–H groups in total. The first-order valence-corrected chi connectivity index (χ1v) is 7.05. The predicted molar refractivity (Wildman–Crippen MR) is 73.7 cm³/mol. The molecule has 0 radical (unpaired) electrons. The van der Waals surface area contributed by atoms with E-state index in [-0.39, 0.29) is 17.6 Å². The highest BCUT2D eigenvalue weighted by molar-refractivity contribution is 6.31. The number of aliphatic hydroxyl groups is 1. The van der Waals surface area contributed by atoms with Gasteiger partial charge in [0.15, 0.2) is 0 Å². The quantitative estimate of drug-likeness (QED) is 0.880. The molecule has 2 unspecified atom stereocenters. The molecule has 2 atom stereocenters. The fourth-order valence-electron chi connectivity index (χ4n) is 2.94. The molecule has 1 fully saturated rings. The zero-order valence-electron chi connectivity index (χ0n) is 11.0. The van der Waals surface area contributed by atoms with Crippen LogP contribution in [0.3, 0.4) is 0 Å². The van der Waals surface area contributed by atoms with Crippen molar-refractivity contribution in [2.24, 2.45) is 5.41 Å². The minimum absolute atomic E-state index is 0.0543. The number of aliphatic hydroxyl groups excluding tert-OH is 1. The smallest absolute Gasteiger partial charge is 0.0735 e. The Morgan fingerprint density at radius 2 is 2.00 bits per heavy atom. The molecule has 2 rings (SSSR count). The maximum absolute atomic E-state index is 9.97. The van der Waals surface area contributed by atoms with Gasteiger partial charge in [0.2, 0.25) is 0 Å². The van der Waals surface area contributed by atoms with Crippen molar-refractivity contribution in [3.05, 3.63) is 34.9 Å². The summed E-state index contributed by atoms with van der Waals surface area (Å²) in [4.78, 5) is 0. The minimum atomic E-state index is -0.219. The minimum Gasteiger partial charge on any atom is -0.392 e. The highest BCUT2D eigenvalue weighted by Gasteiger charge is 2.52. The van der Waals surface area contributed by atoms with Gasteiger partial charge in [-0.3, -0.25) is 0 Å². The first kappa shape index (κ1) is 13.9. The molecule has 1 aliphatic rings. The fraction of sp³-hybridized carbons (Fsp3) is 0.600. The van der Waals surface area contributed by atoms with Crippen molar-refractivity contribution in [2.45, 2.75) is 51.9 Å². The first-order valence-electron chi connectivity index (χ1n) is 6.67. The molecule has 18 heavy (non-hydrogen) atoms. The zero-order chi connectivity index (χ0) is 13.2. The van der Waals surface area contributed by atoms with Gasteiger partial charge in [0.25, 0.3) is 0 Å². The maximum atomic E-state index is 9.97. The van der Waals surface area contributed by atoms with E-state index in [1.165, 1.54) is 0 Å². The van der Waals surface area contributed by atoms with Gasteiger partial charge in [-0.1, -0.05) is 43.6 Å². The van der Waals surface area contributed by atoms with E-state index in [0.29, 0.717) is 6.61 Å². The Morgan fingerprint density at radius 1 is 1.33 bits per heavy atom. The van der Waals surface area contributed by atoms with Crippen molar-refractivity contribution in [2.75, 3.05) is 0 Å². The van der Waals surface area contributed by atoms with Crippen LogP contribution in [0.5, 0.6) is 0 Å². The third kappa shape index (κ3) is 2.29. The summed E-state index contributed by atoms with van der Waals surface area (Å²) >= 11 is 6.11. The van der Waals surface area contributed by atoms with Gasteiger partial charge in [0, 0.05) is 16.9 Å². The summed E-state index contributed by atoms with van der Waals surface area (Å²) in [5.41, 5.74) is 0.961. The molecule has 3 heteroatoms. The van der Waals surface area contributed by atoms with E-state index in [0.717, 1.165) is 29.8 Å². The second kappa shape index (κ2) is 5.60. The summed E-state index contributed by atoms with van der Waals surface area (Å²) in [6.45, 7) is 4.77. The van der Waals surface area contributed by atoms with Crippen molar-refractivity contribution >= 4 is 11.6 Å². The van der Waals surface area contributed by atoms with Crippen LogP contribution < -0.4 is 0 Å². The van der Waals surface area contributed by atoms with Crippen molar-refractivity contribution in [3.8, 4) is 0 Å². The van der Waals surface area contributed by atoms with Gasteiger partial charge < -0.3 is 9.84 Å². The Balaban J connectivity index is 1.98. The van der Waals surface area contributed by atoms with Crippen LogP contribution in [0.25, 0.3) is 0 Å². The standard InChI is InChI=1S/C15H21ClO2/c1-3-15(4-2)13(17)9-14(15)18-10-11-7-5-6-8-12(11)16/h5-8,13-14,17H,3-4,9-10H2,1-2H3. The van der Waals surface area contributed by atoms with Crippen LogP contribution in [0, 0.1) is 5.41 Å². The first-order chi connectivity index (χ1) is 8.64. The molecule has 0 heterocycles. The molecule has 1 saturated carbocycles. The van der Waals surface area contributed by atoms with Gasteiger partial charge in [-0.25, -0.2) is 0 Å². The largest absolute Gasteiger partial charge is 0.392 e. The molecule has 0 saturated heterocycles. The van der Waals surface area contributed by atoms with E-state index in [1.807, 2.05) is 24.3 Å². The van der Waals surface area contributed by atoms with Crippen LogP contribution >= 0.6 is 11.6 Å². The predicted octanol–water partition coefficient (Wildman–Crippen LogP) is 3.80.